The minimum atomic E-state index is -0.461. The number of ether oxygens (including phenoxy) is 1. The second-order valence-corrected chi connectivity index (χ2v) is 6.21. The highest BCUT2D eigenvalue weighted by molar-refractivity contribution is 5.18. The van der Waals surface area contributed by atoms with E-state index in [-0.39, 0.29) is 12.1 Å². The van der Waals surface area contributed by atoms with Crippen LogP contribution >= 0.6 is 0 Å². The van der Waals surface area contributed by atoms with E-state index < -0.39 is 6.10 Å². The van der Waals surface area contributed by atoms with Crippen LogP contribution in [0, 0.1) is 5.92 Å². The first-order valence-electron chi connectivity index (χ1n) is 8.10. The lowest BCUT2D eigenvalue weighted by Crippen LogP contribution is -2.34. The fourth-order valence-corrected chi connectivity index (χ4v) is 2.53. The maximum absolute atomic E-state index is 10.0. The van der Waals surface area contributed by atoms with Crippen molar-refractivity contribution in [3.8, 4) is 0 Å². The largest absolute Gasteiger partial charge is 0.389 e. The van der Waals surface area contributed by atoms with E-state index in [1.54, 1.807) is 0 Å². The van der Waals surface area contributed by atoms with Crippen molar-refractivity contribution in [2.45, 2.75) is 58.8 Å². The van der Waals surface area contributed by atoms with Crippen LogP contribution in [0.1, 0.15) is 52.1 Å². The summed E-state index contributed by atoms with van der Waals surface area (Å²) < 4.78 is 5.70. The van der Waals surface area contributed by atoms with E-state index in [1.807, 2.05) is 18.2 Å². The Morgan fingerprint density at radius 3 is 2.38 bits per heavy atom. The van der Waals surface area contributed by atoms with Crippen molar-refractivity contribution in [1.29, 1.82) is 0 Å². The first-order chi connectivity index (χ1) is 10.0. The average molecular weight is 293 g/mol. The Kier molecular flexibility index (Phi) is 8.58. The molecule has 3 atom stereocenters. The highest BCUT2D eigenvalue weighted by atomic mass is 16.5. The standard InChI is InChI=1S/C18H31NO2/c1-5-18(16-9-7-6-8-10-16)19-12-17(20)13-21-15(4)11-14(2)3/h6-10,14-15,17-20H,5,11-13H2,1-4H3. The van der Waals surface area contributed by atoms with Crippen LogP contribution in [0.5, 0.6) is 0 Å². The Balaban J connectivity index is 2.29. The SMILES string of the molecule is CCC(NCC(O)COC(C)CC(C)C)c1ccccc1. The molecule has 1 rings (SSSR count). The Labute approximate surface area is 129 Å². The molecule has 3 unspecified atom stereocenters. The van der Waals surface area contributed by atoms with Crippen molar-refractivity contribution in [1.82, 2.24) is 5.32 Å². The highest BCUT2D eigenvalue weighted by Crippen LogP contribution is 2.15. The molecule has 0 saturated carbocycles. The number of hydrogen-bond donors (Lipinski definition) is 2. The topological polar surface area (TPSA) is 41.5 Å². The maximum atomic E-state index is 10.0. The van der Waals surface area contributed by atoms with E-state index in [1.165, 1.54) is 5.56 Å². The van der Waals surface area contributed by atoms with Crippen molar-refractivity contribution in [2.24, 2.45) is 5.92 Å². The molecule has 0 saturated heterocycles. The van der Waals surface area contributed by atoms with Crippen LogP contribution < -0.4 is 5.32 Å². The van der Waals surface area contributed by atoms with Crippen molar-refractivity contribution >= 4 is 0 Å². The molecule has 0 fully saturated rings. The van der Waals surface area contributed by atoms with Gasteiger partial charge < -0.3 is 15.2 Å². The minimum absolute atomic E-state index is 0.204. The van der Waals surface area contributed by atoms with Crippen LogP contribution in [0.15, 0.2) is 30.3 Å². The van der Waals surface area contributed by atoms with Crippen LogP contribution in [0.2, 0.25) is 0 Å². The smallest absolute Gasteiger partial charge is 0.0898 e. The van der Waals surface area contributed by atoms with Gasteiger partial charge in [-0.1, -0.05) is 51.1 Å². The molecule has 3 heteroatoms. The summed E-state index contributed by atoms with van der Waals surface area (Å²) in [5.41, 5.74) is 1.27. The molecule has 0 heterocycles. The molecule has 0 bridgehead atoms. The molecule has 0 aliphatic carbocycles. The molecule has 0 amide bonds. The van der Waals surface area contributed by atoms with Gasteiger partial charge in [-0.25, -0.2) is 0 Å². The normalized spacial score (nSPS) is 15.9. The van der Waals surface area contributed by atoms with Gasteiger partial charge >= 0.3 is 0 Å². The molecule has 2 N–H and O–H groups in total. The Morgan fingerprint density at radius 2 is 1.81 bits per heavy atom. The van der Waals surface area contributed by atoms with Crippen molar-refractivity contribution in [2.75, 3.05) is 13.2 Å². The zero-order valence-electron chi connectivity index (χ0n) is 13.9. The molecular weight excluding hydrogens is 262 g/mol. The number of benzene rings is 1. The maximum Gasteiger partial charge on any atom is 0.0898 e. The van der Waals surface area contributed by atoms with Gasteiger partial charge in [0.15, 0.2) is 0 Å². The van der Waals surface area contributed by atoms with Crippen molar-refractivity contribution in [3.05, 3.63) is 35.9 Å². The molecule has 3 nitrogen and oxygen atoms in total. The third-order valence-electron chi connectivity index (χ3n) is 3.59. The molecule has 0 aromatic heterocycles. The third-order valence-corrected chi connectivity index (χ3v) is 3.59. The summed E-state index contributed by atoms with van der Waals surface area (Å²) in [5.74, 6) is 0.623. The first-order valence-corrected chi connectivity index (χ1v) is 8.10. The predicted octanol–water partition coefficient (Wildman–Crippen LogP) is 3.54. The van der Waals surface area contributed by atoms with Gasteiger partial charge in [-0.3, -0.25) is 0 Å². The molecule has 120 valence electrons. The van der Waals surface area contributed by atoms with E-state index in [0.29, 0.717) is 19.1 Å². The first kappa shape index (κ1) is 18.1. The highest BCUT2D eigenvalue weighted by Gasteiger charge is 2.13. The summed E-state index contributed by atoms with van der Waals surface area (Å²) >= 11 is 0. The van der Waals surface area contributed by atoms with Gasteiger partial charge in [0.2, 0.25) is 0 Å². The Hall–Kier alpha value is -0.900. The van der Waals surface area contributed by atoms with Crippen molar-refractivity contribution < 1.29 is 9.84 Å². The van der Waals surface area contributed by atoms with Gasteiger partial charge in [-0.15, -0.1) is 0 Å². The molecule has 0 aliphatic rings. The van der Waals surface area contributed by atoms with Gasteiger partial charge in [-0.2, -0.15) is 0 Å². The zero-order chi connectivity index (χ0) is 15.7. The quantitative estimate of drug-likeness (QED) is 0.693. The summed E-state index contributed by atoms with van der Waals surface area (Å²) in [6.07, 6.45) is 1.77. The summed E-state index contributed by atoms with van der Waals surface area (Å²) in [6.45, 7) is 9.54. The van der Waals surface area contributed by atoms with Gasteiger partial charge in [-0.05, 0) is 31.2 Å². The lowest BCUT2D eigenvalue weighted by molar-refractivity contribution is -0.00933. The number of hydrogen-bond acceptors (Lipinski definition) is 3. The number of aliphatic hydroxyl groups excluding tert-OH is 1. The lowest BCUT2D eigenvalue weighted by Gasteiger charge is -2.21. The Morgan fingerprint density at radius 1 is 1.14 bits per heavy atom. The van der Waals surface area contributed by atoms with E-state index >= 15 is 0 Å². The van der Waals surface area contributed by atoms with E-state index in [2.05, 4.69) is 45.1 Å². The second-order valence-electron chi connectivity index (χ2n) is 6.21. The van der Waals surface area contributed by atoms with Crippen LogP contribution in [0.3, 0.4) is 0 Å². The molecule has 0 aliphatic heterocycles. The van der Waals surface area contributed by atoms with Crippen molar-refractivity contribution in [3.63, 3.8) is 0 Å². The predicted molar refractivity (Wildman–Crippen MR) is 88.4 cm³/mol. The minimum Gasteiger partial charge on any atom is -0.389 e. The lowest BCUT2D eigenvalue weighted by atomic mass is 10.0. The summed E-state index contributed by atoms with van der Waals surface area (Å²) in [4.78, 5) is 0. The molecule has 1 aromatic carbocycles. The zero-order valence-corrected chi connectivity index (χ0v) is 13.9. The van der Waals surface area contributed by atoms with Gasteiger partial charge in [0, 0.05) is 12.6 Å². The molecule has 21 heavy (non-hydrogen) atoms. The molecular formula is C18H31NO2. The van der Waals surface area contributed by atoms with E-state index in [9.17, 15) is 5.11 Å². The van der Waals surface area contributed by atoms with Crippen LogP contribution in [-0.4, -0.2) is 30.5 Å². The molecule has 0 spiro atoms. The number of nitrogens with one attached hydrogen (secondary N) is 1. The summed E-state index contributed by atoms with van der Waals surface area (Å²) in [5, 5.41) is 13.5. The van der Waals surface area contributed by atoms with Crippen LogP contribution in [0.4, 0.5) is 0 Å². The van der Waals surface area contributed by atoms with Crippen LogP contribution in [0.25, 0.3) is 0 Å². The average Bonchev–Trinajstić information content (AvgIpc) is 2.46. The fraction of sp³-hybridized carbons (Fsp3) is 0.667. The van der Waals surface area contributed by atoms with E-state index in [4.69, 9.17) is 4.74 Å². The fourth-order valence-electron chi connectivity index (χ4n) is 2.53. The van der Waals surface area contributed by atoms with Gasteiger partial charge in [0.05, 0.1) is 18.8 Å². The second kappa shape index (κ2) is 9.93. The third kappa shape index (κ3) is 7.60. The van der Waals surface area contributed by atoms with Gasteiger partial charge in [0.25, 0.3) is 0 Å². The number of aliphatic hydroxyl groups is 1. The molecule has 0 radical (unpaired) electrons. The number of rotatable bonds is 10. The monoisotopic (exact) mass is 293 g/mol. The summed E-state index contributed by atoms with van der Waals surface area (Å²) in [6, 6.07) is 10.6. The molecule has 1 aromatic rings. The van der Waals surface area contributed by atoms with E-state index in [0.717, 1.165) is 12.8 Å². The van der Waals surface area contributed by atoms with Gasteiger partial charge in [0.1, 0.15) is 0 Å². The Bertz CT molecular complexity index is 367. The summed E-state index contributed by atoms with van der Waals surface area (Å²) in [7, 11) is 0. The van der Waals surface area contributed by atoms with Crippen LogP contribution in [-0.2, 0) is 4.74 Å².